The van der Waals surface area contributed by atoms with E-state index < -0.39 is 11.6 Å². The molecule has 0 unspecified atom stereocenters. The Labute approximate surface area is 172 Å². The van der Waals surface area contributed by atoms with Crippen LogP contribution in [0.1, 0.15) is 19.4 Å². The van der Waals surface area contributed by atoms with Crippen LogP contribution in [0.5, 0.6) is 0 Å². The van der Waals surface area contributed by atoms with E-state index in [2.05, 4.69) is 15.2 Å². The average molecular weight is 415 g/mol. The summed E-state index contributed by atoms with van der Waals surface area (Å²) in [7, 11) is 1.58. The van der Waals surface area contributed by atoms with Crippen molar-refractivity contribution in [3.8, 4) is 22.5 Å². The van der Waals surface area contributed by atoms with Crippen LogP contribution < -0.4 is 5.48 Å². The molecule has 9 heteroatoms. The summed E-state index contributed by atoms with van der Waals surface area (Å²) >= 11 is 1.05. The third kappa shape index (κ3) is 5.42. The maximum Gasteiger partial charge on any atom is 0.313 e. The first-order chi connectivity index (χ1) is 13.8. The number of aliphatic hydroxyl groups is 1. The summed E-state index contributed by atoms with van der Waals surface area (Å²) in [5.41, 5.74) is 5.13. The van der Waals surface area contributed by atoms with Crippen LogP contribution in [0.2, 0.25) is 0 Å². The largest absolute Gasteiger partial charge is 0.481 e. The van der Waals surface area contributed by atoms with Crippen molar-refractivity contribution < 1.29 is 25.3 Å². The fourth-order valence-corrected chi connectivity index (χ4v) is 3.31. The highest BCUT2D eigenvalue weighted by molar-refractivity contribution is 7.99. The minimum Gasteiger partial charge on any atom is -0.481 e. The van der Waals surface area contributed by atoms with Gasteiger partial charge in [0, 0.05) is 17.7 Å². The first-order valence-corrected chi connectivity index (χ1v) is 9.86. The Balaban J connectivity index is 1.95. The molecule has 152 valence electrons. The molecule has 2 aromatic carbocycles. The van der Waals surface area contributed by atoms with Gasteiger partial charge in [0.05, 0.1) is 18.5 Å². The number of hydrogen-bond donors (Lipinski definition) is 4. The van der Waals surface area contributed by atoms with Crippen LogP contribution in [-0.2, 0) is 15.2 Å². The number of aromatic amines is 1. The van der Waals surface area contributed by atoms with Crippen LogP contribution in [0.4, 0.5) is 5.69 Å². The summed E-state index contributed by atoms with van der Waals surface area (Å²) in [6.45, 7) is 3.50. The highest BCUT2D eigenvalue weighted by Crippen LogP contribution is 2.30. The Morgan fingerprint density at radius 2 is 1.86 bits per heavy atom. The molecule has 0 aliphatic heterocycles. The topological polar surface area (TPSA) is 125 Å². The van der Waals surface area contributed by atoms with Crippen molar-refractivity contribution in [3.63, 3.8) is 0 Å². The van der Waals surface area contributed by atoms with Crippen molar-refractivity contribution in [2.45, 2.75) is 24.6 Å². The molecule has 5 N–H and O–H groups in total. The number of hydrogen-bond acceptors (Lipinski definition) is 6. The monoisotopic (exact) mass is 415 g/mol. The predicted molar refractivity (Wildman–Crippen MR) is 109 cm³/mol. The van der Waals surface area contributed by atoms with Crippen LogP contribution in [0.3, 0.4) is 0 Å². The van der Waals surface area contributed by atoms with Crippen LogP contribution in [0.25, 0.3) is 22.5 Å². The number of H-pyrrole nitrogens is 1. The molecule has 0 fully saturated rings. The quantitative estimate of drug-likeness (QED) is 0.253. The summed E-state index contributed by atoms with van der Waals surface area (Å²) in [5, 5.41) is 26.3. The van der Waals surface area contributed by atoms with Gasteiger partial charge in [-0.15, -0.1) is 5.10 Å². The molecule has 29 heavy (non-hydrogen) atoms. The minimum atomic E-state index is -0.921. The van der Waals surface area contributed by atoms with E-state index in [9.17, 15) is 9.90 Å². The van der Waals surface area contributed by atoms with E-state index in [-0.39, 0.29) is 5.75 Å². The molecule has 0 saturated carbocycles. The molecule has 0 aliphatic carbocycles. The number of carboxylic acid groups (broad SMARTS) is 1. The lowest BCUT2D eigenvalue weighted by molar-refractivity contribution is -0.830. The second kappa shape index (κ2) is 8.75. The molecule has 0 spiro atoms. The number of quaternary nitrogens is 1. The van der Waals surface area contributed by atoms with Crippen molar-refractivity contribution in [2.75, 3.05) is 12.9 Å². The molecule has 0 bridgehead atoms. The number of carbonyl (C=O) groups is 1. The molecule has 0 atom stereocenters. The highest BCUT2D eigenvalue weighted by atomic mass is 32.2. The molecular formula is C20H23N4O4S+. The highest BCUT2D eigenvalue weighted by Gasteiger charge is 2.16. The molecule has 1 aromatic heterocycles. The van der Waals surface area contributed by atoms with Crippen molar-refractivity contribution in [2.24, 2.45) is 0 Å². The normalized spacial score (nSPS) is 11.6. The maximum atomic E-state index is 10.7. The van der Waals surface area contributed by atoms with Crippen molar-refractivity contribution in [1.82, 2.24) is 15.2 Å². The lowest BCUT2D eigenvalue weighted by atomic mass is 9.95. The van der Waals surface area contributed by atoms with Crippen LogP contribution in [0.15, 0.2) is 47.6 Å². The van der Waals surface area contributed by atoms with Gasteiger partial charge < -0.3 is 10.2 Å². The molecule has 3 aromatic rings. The number of carboxylic acids is 1. The number of nitrogens with one attached hydrogen (secondary N) is 1. The fourth-order valence-electron chi connectivity index (χ4n) is 2.80. The van der Waals surface area contributed by atoms with E-state index in [0.717, 1.165) is 39.7 Å². The summed E-state index contributed by atoms with van der Waals surface area (Å²) in [6, 6.07) is 13.6. The van der Waals surface area contributed by atoms with Gasteiger partial charge in [-0.3, -0.25) is 9.89 Å². The number of aliphatic carboxylic acids is 1. The van der Waals surface area contributed by atoms with Crippen molar-refractivity contribution in [3.05, 3.63) is 48.0 Å². The van der Waals surface area contributed by atoms with E-state index in [1.807, 2.05) is 42.5 Å². The Morgan fingerprint density at radius 3 is 2.48 bits per heavy atom. The Morgan fingerprint density at radius 1 is 1.17 bits per heavy atom. The van der Waals surface area contributed by atoms with Gasteiger partial charge in [0.15, 0.2) is 11.5 Å². The number of thioether (sulfide) groups is 1. The van der Waals surface area contributed by atoms with E-state index in [4.69, 9.17) is 9.94 Å². The molecule has 1 heterocycles. The summed E-state index contributed by atoms with van der Waals surface area (Å²) in [5.74, 6) is -0.485. The number of aromatic nitrogens is 3. The Kier molecular flexibility index (Phi) is 6.33. The van der Waals surface area contributed by atoms with Gasteiger partial charge in [0.2, 0.25) is 5.16 Å². The summed E-state index contributed by atoms with van der Waals surface area (Å²) in [4.78, 5) is 20.3. The van der Waals surface area contributed by atoms with Gasteiger partial charge >= 0.3 is 5.97 Å². The molecule has 0 aliphatic rings. The predicted octanol–water partition coefficient (Wildman–Crippen LogP) is 2.30. The molecule has 3 rings (SSSR count). The number of nitrogens with two attached hydrogens (primary N) is 1. The first kappa shape index (κ1) is 21.0. The van der Waals surface area contributed by atoms with Crippen LogP contribution in [-0.4, -0.2) is 44.2 Å². The smallest absolute Gasteiger partial charge is 0.313 e. The van der Waals surface area contributed by atoms with Gasteiger partial charge in [0.1, 0.15) is 0 Å². The fraction of sp³-hybridized carbons (Fsp3) is 0.250. The number of benzene rings is 2. The molecule has 0 amide bonds. The third-order valence-corrected chi connectivity index (χ3v) is 5.03. The van der Waals surface area contributed by atoms with Gasteiger partial charge in [-0.2, -0.15) is 5.48 Å². The van der Waals surface area contributed by atoms with Gasteiger partial charge in [-0.25, -0.2) is 9.82 Å². The van der Waals surface area contributed by atoms with E-state index in [1.54, 1.807) is 26.4 Å². The van der Waals surface area contributed by atoms with Gasteiger partial charge in [-0.1, -0.05) is 36.0 Å². The van der Waals surface area contributed by atoms with Crippen LogP contribution >= 0.6 is 11.8 Å². The van der Waals surface area contributed by atoms with Crippen molar-refractivity contribution >= 4 is 23.4 Å². The zero-order chi connectivity index (χ0) is 21.0. The molecule has 0 saturated heterocycles. The summed E-state index contributed by atoms with van der Waals surface area (Å²) < 4.78 is 0. The molecule has 0 radical (unpaired) electrons. The second-order valence-corrected chi connectivity index (χ2v) is 7.93. The lowest BCUT2D eigenvalue weighted by Gasteiger charge is -2.18. The average Bonchev–Trinajstić information content (AvgIpc) is 3.15. The maximum absolute atomic E-state index is 10.7. The first-order valence-electron chi connectivity index (χ1n) is 8.88. The minimum absolute atomic E-state index is 0.104. The zero-order valence-electron chi connectivity index (χ0n) is 16.3. The third-order valence-electron chi connectivity index (χ3n) is 4.20. The van der Waals surface area contributed by atoms with Gasteiger partial charge in [-0.05, 0) is 36.6 Å². The standard InChI is InChI=1S/C20H22N4O4S/c1-20(2,27)15-6-4-12(5-7-15)13-8-14(10-16(9-13)24-28-3)18-21-19(23-22-18)29-11-17(25)26/h4-10,24,27H,11H2,1-3H3,(H,25,26)(H,21,22,23)/p+1. The van der Waals surface area contributed by atoms with Gasteiger partial charge in [0.25, 0.3) is 0 Å². The van der Waals surface area contributed by atoms with Crippen LogP contribution in [0, 0.1) is 0 Å². The number of rotatable bonds is 8. The molecule has 8 nitrogen and oxygen atoms in total. The van der Waals surface area contributed by atoms with E-state index in [1.165, 1.54) is 0 Å². The Hall–Kier alpha value is -2.72. The van der Waals surface area contributed by atoms with E-state index in [0.29, 0.717) is 11.0 Å². The van der Waals surface area contributed by atoms with Crippen molar-refractivity contribution in [1.29, 1.82) is 0 Å². The summed E-state index contributed by atoms with van der Waals surface area (Å²) in [6.07, 6.45) is 0. The molecular weight excluding hydrogens is 392 g/mol. The zero-order valence-corrected chi connectivity index (χ0v) is 17.2. The Bertz CT molecular complexity index is 996. The lowest BCUT2D eigenvalue weighted by Crippen LogP contribution is -2.75. The number of nitrogens with zero attached hydrogens (tertiary/aromatic N) is 2. The second-order valence-electron chi connectivity index (χ2n) is 6.98. The van der Waals surface area contributed by atoms with E-state index >= 15 is 0 Å². The SMILES string of the molecule is CO[NH2+]c1cc(-c2ccc(C(C)(C)O)cc2)cc(-c2nc(SCC(=O)O)n[nH]2)c1.